The van der Waals surface area contributed by atoms with Crippen LogP contribution in [0.5, 0.6) is 0 Å². The van der Waals surface area contributed by atoms with Gasteiger partial charge in [0.25, 0.3) is 0 Å². The second-order valence-corrected chi connectivity index (χ2v) is 4.35. The molecule has 1 unspecified atom stereocenters. The number of alkyl carbamates (subject to hydrolysis) is 1. The molecule has 1 amide bonds. The molecule has 1 atom stereocenters. The van der Waals surface area contributed by atoms with E-state index in [1.807, 2.05) is 20.8 Å². The Hall–Kier alpha value is -1.03. The van der Waals surface area contributed by atoms with Crippen molar-refractivity contribution in [3.05, 3.63) is 12.7 Å². The lowest BCUT2D eigenvalue weighted by atomic mass is 10.1. The van der Waals surface area contributed by atoms with Gasteiger partial charge in [0.15, 0.2) is 0 Å². The maximum atomic E-state index is 11.3. The zero-order valence-corrected chi connectivity index (χ0v) is 9.75. The quantitative estimate of drug-likeness (QED) is 0.688. The Labute approximate surface area is 91.3 Å². The predicted octanol–water partition coefficient (Wildman–Crippen LogP) is 1.84. The van der Waals surface area contributed by atoms with Crippen LogP contribution in [-0.4, -0.2) is 29.4 Å². The molecule has 0 aliphatic carbocycles. The van der Waals surface area contributed by atoms with Crippen molar-refractivity contribution in [3.63, 3.8) is 0 Å². The van der Waals surface area contributed by atoms with Gasteiger partial charge in [0, 0.05) is 6.61 Å². The van der Waals surface area contributed by atoms with Gasteiger partial charge in [-0.1, -0.05) is 6.08 Å². The van der Waals surface area contributed by atoms with Crippen molar-refractivity contribution in [3.8, 4) is 0 Å². The van der Waals surface area contributed by atoms with Crippen LogP contribution in [-0.2, 0) is 4.74 Å². The summed E-state index contributed by atoms with van der Waals surface area (Å²) >= 11 is 0. The molecule has 0 aromatic rings. The second kappa shape index (κ2) is 6.45. The number of aliphatic hydroxyl groups is 1. The molecule has 0 radical (unpaired) electrons. The molecule has 0 bridgehead atoms. The molecule has 0 rings (SSSR count). The van der Waals surface area contributed by atoms with E-state index in [9.17, 15) is 4.79 Å². The monoisotopic (exact) mass is 215 g/mol. The lowest BCUT2D eigenvalue weighted by Gasteiger charge is -2.22. The van der Waals surface area contributed by atoms with E-state index in [4.69, 9.17) is 9.84 Å². The van der Waals surface area contributed by atoms with E-state index < -0.39 is 11.7 Å². The average Bonchev–Trinajstić information content (AvgIpc) is 2.09. The molecule has 0 spiro atoms. The topological polar surface area (TPSA) is 58.6 Å². The van der Waals surface area contributed by atoms with Gasteiger partial charge in [-0.15, -0.1) is 6.58 Å². The zero-order valence-electron chi connectivity index (χ0n) is 9.75. The minimum Gasteiger partial charge on any atom is -0.444 e. The van der Waals surface area contributed by atoms with Crippen molar-refractivity contribution in [2.75, 3.05) is 6.61 Å². The van der Waals surface area contributed by atoms with Crippen LogP contribution in [0.1, 0.15) is 33.6 Å². The highest BCUT2D eigenvalue weighted by Crippen LogP contribution is 2.07. The van der Waals surface area contributed by atoms with Crippen molar-refractivity contribution in [1.29, 1.82) is 0 Å². The van der Waals surface area contributed by atoms with Gasteiger partial charge < -0.3 is 15.2 Å². The van der Waals surface area contributed by atoms with Crippen LogP contribution in [0.15, 0.2) is 12.7 Å². The molecule has 2 N–H and O–H groups in total. The van der Waals surface area contributed by atoms with Gasteiger partial charge in [-0.2, -0.15) is 0 Å². The fourth-order valence-corrected chi connectivity index (χ4v) is 1.02. The molecule has 0 aliphatic rings. The lowest BCUT2D eigenvalue weighted by Crippen LogP contribution is -2.38. The van der Waals surface area contributed by atoms with Crippen molar-refractivity contribution < 1.29 is 14.6 Å². The Morgan fingerprint density at radius 1 is 1.60 bits per heavy atom. The van der Waals surface area contributed by atoms with Crippen LogP contribution in [0.25, 0.3) is 0 Å². The molecule has 4 nitrogen and oxygen atoms in total. The first-order valence-electron chi connectivity index (χ1n) is 5.12. The summed E-state index contributed by atoms with van der Waals surface area (Å²) in [5.41, 5.74) is -0.493. The van der Waals surface area contributed by atoms with E-state index >= 15 is 0 Å². The molecular formula is C11H21NO3. The van der Waals surface area contributed by atoms with E-state index in [1.165, 1.54) is 0 Å². The number of nitrogens with one attached hydrogen (secondary N) is 1. The molecule has 0 aromatic carbocycles. The summed E-state index contributed by atoms with van der Waals surface area (Å²) in [6.07, 6.45) is 2.48. The molecule has 0 aromatic heterocycles. The zero-order chi connectivity index (χ0) is 11.9. The van der Waals surface area contributed by atoms with Crippen LogP contribution in [0.3, 0.4) is 0 Å². The van der Waals surface area contributed by atoms with Crippen LogP contribution >= 0.6 is 0 Å². The minimum absolute atomic E-state index is 0.111. The summed E-state index contributed by atoms with van der Waals surface area (Å²) in [7, 11) is 0. The summed E-state index contributed by atoms with van der Waals surface area (Å²) in [5, 5.41) is 11.3. The number of rotatable bonds is 5. The summed E-state index contributed by atoms with van der Waals surface area (Å²) in [6, 6.07) is -0.146. The standard InChI is InChI=1S/C11H21NO3/c1-5-9(7-6-8-13)12-10(14)15-11(2,3)4/h5,9,13H,1,6-8H2,2-4H3,(H,12,14). The number of aliphatic hydroxyl groups excluding tert-OH is 1. The third-order valence-electron chi connectivity index (χ3n) is 1.66. The van der Waals surface area contributed by atoms with Gasteiger partial charge in [0.1, 0.15) is 5.60 Å². The van der Waals surface area contributed by atoms with Gasteiger partial charge >= 0.3 is 6.09 Å². The second-order valence-electron chi connectivity index (χ2n) is 4.35. The van der Waals surface area contributed by atoms with Crippen molar-refractivity contribution in [2.24, 2.45) is 0 Å². The fraction of sp³-hybridized carbons (Fsp3) is 0.727. The van der Waals surface area contributed by atoms with Crippen molar-refractivity contribution in [1.82, 2.24) is 5.32 Å². The molecule has 15 heavy (non-hydrogen) atoms. The maximum absolute atomic E-state index is 11.3. The average molecular weight is 215 g/mol. The van der Waals surface area contributed by atoms with Gasteiger partial charge in [0.2, 0.25) is 0 Å². The SMILES string of the molecule is C=CC(CCCO)NC(=O)OC(C)(C)C. The molecule has 88 valence electrons. The normalized spacial score (nSPS) is 13.1. The smallest absolute Gasteiger partial charge is 0.408 e. The number of amides is 1. The Kier molecular flexibility index (Phi) is 6.01. The molecule has 0 saturated carbocycles. The Morgan fingerprint density at radius 3 is 2.60 bits per heavy atom. The van der Waals surface area contributed by atoms with Crippen LogP contribution in [0.4, 0.5) is 4.79 Å². The number of carbonyl (C=O) groups excluding carboxylic acids is 1. The van der Waals surface area contributed by atoms with Gasteiger partial charge in [-0.05, 0) is 33.6 Å². The largest absolute Gasteiger partial charge is 0.444 e. The highest BCUT2D eigenvalue weighted by molar-refractivity contribution is 5.68. The van der Waals surface area contributed by atoms with Gasteiger partial charge in [0.05, 0.1) is 6.04 Å². The number of hydrogen-bond acceptors (Lipinski definition) is 3. The summed E-state index contributed by atoms with van der Waals surface area (Å²) < 4.78 is 5.09. The maximum Gasteiger partial charge on any atom is 0.408 e. The highest BCUT2D eigenvalue weighted by Gasteiger charge is 2.17. The third-order valence-corrected chi connectivity index (χ3v) is 1.66. The van der Waals surface area contributed by atoms with Crippen molar-refractivity contribution >= 4 is 6.09 Å². The van der Waals surface area contributed by atoms with E-state index in [0.29, 0.717) is 12.8 Å². The summed E-state index contributed by atoms with van der Waals surface area (Å²) in [5.74, 6) is 0. The Balaban J connectivity index is 3.96. The first kappa shape index (κ1) is 14.0. The predicted molar refractivity (Wildman–Crippen MR) is 59.7 cm³/mol. The van der Waals surface area contributed by atoms with Crippen LogP contribution < -0.4 is 5.32 Å². The molecular weight excluding hydrogens is 194 g/mol. The lowest BCUT2D eigenvalue weighted by molar-refractivity contribution is 0.0511. The fourth-order valence-electron chi connectivity index (χ4n) is 1.02. The molecule has 0 saturated heterocycles. The first-order chi connectivity index (χ1) is 6.89. The van der Waals surface area contributed by atoms with Crippen LogP contribution in [0, 0.1) is 0 Å². The minimum atomic E-state index is -0.493. The number of carbonyl (C=O) groups is 1. The van der Waals surface area contributed by atoms with E-state index in [2.05, 4.69) is 11.9 Å². The summed E-state index contributed by atoms with van der Waals surface area (Å²) in [6.45, 7) is 9.15. The van der Waals surface area contributed by atoms with Gasteiger partial charge in [-0.3, -0.25) is 0 Å². The number of ether oxygens (including phenoxy) is 1. The number of hydrogen-bond donors (Lipinski definition) is 2. The molecule has 0 heterocycles. The summed E-state index contributed by atoms with van der Waals surface area (Å²) in [4.78, 5) is 11.3. The Bertz CT molecular complexity index is 208. The van der Waals surface area contributed by atoms with E-state index in [-0.39, 0.29) is 12.6 Å². The van der Waals surface area contributed by atoms with Crippen LogP contribution in [0.2, 0.25) is 0 Å². The van der Waals surface area contributed by atoms with E-state index in [1.54, 1.807) is 6.08 Å². The first-order valence-corrected chi connectivity index (χ1v) is 5.12. The molecule has 0 aliphatic heterocycles. The van der Waals surface area contributed by atoms with E-state index in [0.717, 1.165) is 0 Å². The van der Waals surface area contributed by atoms with Gasteiger partial charge in [-0.25, -0.2) is 4.79 Å². The van der Waals surface area contributed by atoms with Crippen molar-refractivity contribution in [2.45, 2.75) is 45.3 Å². The highest BCUT2D eigenvalue weighted by atomic mass is 16.6. The molecule has 0 fully saturated rings. The molecule has 4 heteroatoms. The third kappa shape index (κ3) is 8.00. The Morgan fingerprint density at radius 2 is 2.20 bits per heavy atom.